The van der Waals surface area contributed by atoms with Gasteiger partial charge in [0.05, 0.1) is 0 Å². The molecule has 0 spiro atoms. The second-order valence-corrected chi connectivity index (χ2v) is 5.87. The molecular formula is C18H19N5O2. The van der Waals surface area contributed by atoms with Gasteiger partial charge in [0.25, 0.3) is 0 Å². The molecule has 1 aromatic carbocycles. The van der Waals surface area contributed by atoms with Crippen LogP contribution >= 0.6 is 0 Å². The third kappa shape index (κ3) is 3.86. The topological polar surface area (TPSA) is 82.4 Å². The summed E-state index contributed by atoms with van der Waals surface area (Å²) in [5, 5.41) is 9.17. The van der Waals surface area contributed by atoms with E-state index in [4.69, 9.17) is 10.00 Å². The van der Waals surface area contributed by atoms with Crippen molar-refractivity contribution in [3.63, 3.8) is 0 Å². The highest BCUT2D eigenvalue weighted by Crippen LogP contribution is 2.20. The van der Waals surface area contributed by atoms with Gasteiger partial charge in [0.1, 0.15) is 12.7 Å². The highest BCUT2D eigenvalue weighted by Gasteiger charge is 2.30. The average Bonchev–Trinajstić information content (AvgIpc) is 2.66. The van der Waals surface area contributed by atoms with E-state index in [1.54, 1.807) is 11.1 Å². The molecular weight excluding hydrogens is 318 g/mol. The number of benzene rings is 1. The van der Waals surface area contributed by atoms with E-state index in [1.807, 2.05) is 42.2 Å². The third-order valence-corrected chi connectivity index (χ3v) is 4.15. The number of carbonyl (C=O) groups excluding carboxylic acids is 1. The number of amides is 1. The van der Waals surface area contributed by atoms with Crippen LogP contribution < -0.4 is 4.90 Å². The Hall–Kier alpha value is -3.14. The molecule has 1 fully saturated rings. The number of anilines is 1. The van der Waals surface area contributed by atoms with E-state index in [2.05, 4.69) is 16.0 Å². The lowest BCUT2D eigenvalue weighted by Gasteiger charge is -2.39. The summed E-state index contributed by atoms with van der Waals surface area (Å²) in [5.74, 6) is 0.564. The lowest BCUT2D eigenvalue weighted by atomic mass is 10.2. The quantitative estimate of drug-likeness (QED) is 0.854. The van der Waals surface area contributed by atoms with Crippen LogP contribution in [0.15, 0.2) is 42.7 Å². The van der Waals surface area contributed by atoms with Gasteiger partial charge in [-0.1, -0.05) is 30.3 Å². The van der Waals surface area contributed by atoms with Crippen LogP contribution in [0.25, 0.3) is 0 Å². The van der Waals surface area contributed by atoms with E-state index < -0.39 is 0 Å². The highest BCUT2D eigenvalue weighted by atomic mass is 16.6. The number of piperazine rings is 1. The first kappa shape index (κ1) is 16.7. The smallest absolute Gasteiger partial charge is 0.410 e. The summed E-state index contributed by atoms with van der Waals surface area (Å²) in [5.41, 5.74) is 1.26. The molecule has 7 heteroatoms. The summed E-state index contributed by atoms with van der Waals surface area (Å²) in [7, 11) is 0. The van der Waals surface area contributed by atoms with Gasteiger partial charge in [0.2, 0.25) is 0 Å². The Morgan fingerprint density at radius 2 is 2.04 bits per heavy atom. The first-order valence-electron chi connectivity index (χ1n) is 8.12. The third-order valence-electron chi connectivity index (χ3n) is 4.15. The van der Waals surface area contributed by atoms with Crippen molar-refractivity contribution in [2.24, 2.45) is 0 Å². The van der Waals surface area contributed by atoms with Gasteiger partial charge in [-0.2, -0.15) is 5.26 Å². The lowest BCUT2D eigenvalue weighted by molar-refractivity contribution is 0.0794. The van der Waals surface area contributed by atoms with Crippen LogP contribution in [0.3, 0.4) is 0 Å². The first-order chi connectivity index (χ1) is 12.2. The molecule has 0 radical (unpaired) electrons. The van der Waals surface area contributed by atoms with Gasteiger partial charge in [0, 0.05) is 38.1 Å². The van der Waals surface area contributed by atoms with Crippen molar-refractivity contribution in [1.29, 1.82) is 5.26 Å². The molecule has 1 atom stereocenters. The number of ether oxygens (including phenoxy) is 1. The summed E-state index contributed by atoms with van der Waals surface area (Å²) in [4.78, 5) is 24.4. The van der Waals surface area contributed by atoms with Crippen molar-refractivity contribution < 1.29 is 9.53 Å². The molecule has 1 aliphatic rings. The summed E-state index contributed by atoms with van der Waals surface area (Å²) in [6.45, 7) is 3.88. The predicted molar refractivity (Wildman–Crippen MR) is 91.8 cm³/mol. The Kier molecular flexibility index (Phi) is 5.09. The molecule has 128 valence electrons. The number of nitriles is 1. The Morgan fingerprint density at radius 3 is 2.76 bits per heavy atom. The molecule has 0 aliphatic carbocycles. The second-order valence-electron chi connectivity index (χ2n) is 5.87. The Morgan fingerprint density at radius 1 is 1.28 bits per heavy atom. The molecule has 2 aromatic rings. The molecule has 0 bridgehead atoms. The van der Waals surface area contributed by atoms with Crippen molar-refractivity contribution >= 4 is 11.9 Å². The van der Waals surface area contributed by atoms with E-state index >= 15 is 0 Å². The van der Waals surface area contributed by atoms with Crippen LogP contribution in [0, 0.1) is 11.3 Å². The van der Waals surface area contributed by atoms with E-state index in [0.29, 0.717) is 31.1 Å². The van der Waals surface area contributed by atoms with Crippen LogP contribution in [0.2, 0.25) is 0 Å². The fraction of sp³-hybridized carbons (Fsp3) is 0.333. The molecule has 1 unspecified atom stereocenters. The number of carbonyl (C=O) groups is 1. The van der Waals surface area contributed by atoms with Gasteiger partial charge >= 0.3 is 6.09 Å². The minimum Gasteiger partial charge on any atom is -0.445 e. The molecule has 3 rings (SSSR count). The van der Waals surface area contributed by atoms with Crippen molar-refractivity contribution in [2.75, 3.05) is 24.5 Å². The molecule has 0 saturated carbocycles. The summed E-state index contributed by atoms with van der Waals surface area (Å²) in [6, 6.07) is 11.6. The van der Waals surface area contributed by atoms with Crippen molar-refractivity contribution in [2.45, 2.75) is 19.6 Å². The minimum absolute atomic E-state index is 0.0504. The zero-order chi connectivity index (χ0) is 17.6. The SMILES string of the molecule is CC1CN(c2nccnc2C#N)CCN1C(=O)OCc1ccccc1. The van der Waals surface area contributed by atoms with E-state index in [1.165, 1.54) is 6.20 Å². The number of nitrogens with zero attached hydrogens (tertiary/aromatic N) is 5. The maximum absolute atomic E-state index is 12.4. The molecule has 7 nitrogen and oxygen atoms in total. The number of rotatable bonds is 3. The number of hydrogen-bond donors (Lipinski definition) is 0. The van der Waals surface area contributed by atoms with Gasteiger partial charge in [-0.25, -0.2) is 14.8 Å². The second kappa shape index (κ2) is 7.62. The van der Waals surface area contributed by atoms with E-state index in [9.17, 15) is 4.79 Å². The van der Waals surface area contributed by atoms with Gasteiger partial charge < -0.3 is 14.5 Å². The lowest BCUT2D eigenvalue weighted by Crippen LogP contribution is -2.54. The van der Waals surface area contributed by atoms with Crippen LogP contribution in [-0.2, 0) is 11.3 Å². The zero-order valence-electron chi connectivity index (χ0n) is 14.0. The maximum atomic E-state index is 12.4. The number of hydrogen-bond acceptors (Lipinski definition) is 6. The summed E-state index contributed by atoms with van der Waals surface area (Å²) in [6.07, 6.45) is 2.75. The fourth-order valence-electron chi connectivity index (χ4n) is 2.86. The molecule has 1 aromatic heterocycles. The van der Waals surface area contributed by atoms with Crippen LogP contribution in [-0.4, -0.2) is 46.6 Å². The van der Waals surface area contributed by atoms with E-state index in [-0.39, 0.29) is 18.7 Å². The Balaban J connectivity index is 1.60. The summed E-state index contributed by atoms with van der Waals surface area (Å²) >= 11 is 0. The molecule has 0 N–H and O–H groups in total. The zero-order valence-corrected chi connectivity index (χ0v) is 14.0. The first-order valence-corrected chi connectivity index (χ1v) is 8.12. The fourth-order valence-corrected chi connectivity index (χ4v) is 2.86. The average molecular weight is 337 g/mol. The minimum atomic E-state index is -0.323. The van der Waals surface area contributed by atoms with Gasteiger partial charge in [-0.15, -0.1) is 0 Å². The van der Waals surface area contributed by atoms with Crippen molar-refractivity contribution in [3.05, 3.63) is 54.0 Å². The molecule has 25 heavy (non-hydrogen) atoms. The molecule has 2 heterocycles. The Bertz CT molecular complexity index is 775. The normalized spacial score (nSPS) is 17.0. The van der Waals surface area contributed by atoms with Gasteiger partial charge in [-0.05, 0) is 12.5 Å². The van der Waals surface area contributed by atoms with Gasteiger partial charge in [-0.3, -0.25) is 0 Å². The Labute approximate surface area is 146 Å². The van der Waals surface area contributed by atoms with E-state index in [0.717, 1.165) is 5.56 Å². The number of aromatic nitrogens is 2. The molecule has 1 saturated heterocycles. The van der Waals surface area contributed by atoms with Crippen molar-refractivity contribution in [3.8, 4) is 6.07 Å². The van der Waals surface area contributed by atoms with Gasteiger partial charge in [0.15, 0.2) is 11.5 Å². The monoisotopic (exact) mass is 337 g/mol. The van der Waals surface area contributed by atoms with Crippen LogP contribution in [0.4, 0.5) is 10.6 Å². The largest absolute Gasteiger partial charge is 0.445 e. The molecule has 1 aliphatic heterocycles. The van der Waals surface area contributed by atoms with Crippen LogP contribution in [0.1, 0.15) is 18.2 Å². The predicted octanol–water partition coefficient (Wildman–Crippen LogP) is 2.20. The standard InChI is InChI=1S/C18H19N5O2/c1-14-12-22(17-16(11-19)20-7-8-21-17)9-10-23(14)18(24)25-13-15-5-3-2-4-6-15/h2-8,14H,9-10,12-13H2,1H3. The summed E-state index contributed by atoms with van der Waals surface area (Å²) < 4.78 is 5.41. The molecule has 1 amide bonds. The van der Waals surface area contributed by atoms with Crippen molar-refractivity contribution in [1.82, 2.24) is 14.9 Å². The maximum Gasteiger partial charge on any atom is 0.410 e. The highest BCUT2D eigenvalue weighted by molar-refractivity contribution is 5.68. The van der Waals surface area contributed by atoms with Crippen LogP contribution in [0.5, 0.6) is 0 Å².